The molecule has 0 saturated heterocycles. The van der Waals surface area contributed by atoms with Crippen LogP contribution in [0.5, 0.6) is 0 Å². The van der Waals surface area contributed by atoms with Crippen LogP contribution in [0, 0.1) is 0 Å². The van der Waals surface area contributed by atoms with Crippen molar-refractivity contribution in [3.63, 3.8) is 0 Å². The molecule has 0 aromatic heterocycles. The summed E-state index contributed by atoms with van der Waals surface area (Å²) in [5.74, 6) is -0.236. The van der Waals surface area contributed by atoms with Crippen molar-refractivity contribution in [2.75, 3.05) is 19.5 Å². The third-order valence-electron chi connectivity index (χ3n) is 2.45. The van der Waals surface area contributed by atoms with Gasteiger partial charge in [0.05, 0.1) is 18.5 Å². The molecule has 14 heavy (non-hydrogen) atoms. The first kappa shape index (κ1) is 11.9. The van der Waals surface area contributed by atoms with Crippen LogP contribution in [0.15, 0.2) is 0 Å². The lowest BCUT2D eigenvalue weighted by Crippen LogP contribution is -2.42. The Morgan fingerprint density at radius 3 is 2.79 bits per heavy atom. The molecule has 0 bridgehead atoms. The lowest BCUT2D eigenvalue weighted by molar-refractivity contribution is 0.0916. The van der Waals surface area contributed by atoms with Crippen LogP contribution < -0.4 is 4.72 Å². The topological polar surface area (TPSA) is 75.6 Å². The first-order valence-electron chi connectivity index (χ1n) is 4.72. The molecule has 0 spiro atoms. The highest BCUT2D eigenvalue weighted by atomic mass is 32.2. The van der Waals surface area contributed by atoms with Gasteiger partial charge in [-0.1, -0.05) is 0 Å². The largest absolute Gasteiger partial charge is 0.395 e. The van der Waals surface area contributed by atoms with Crippen molar-refractivity contribution in [1.82, 2.24) is 4.72 Å². The van der Waals surface area contributed by atoms with Gasteiger partial charge in [0.1, 0.15) is 0 Å². The van der Waals surface area contributed by atoms with Gasteiger partial charge >= 0.3 is 0 Å². The molecule has 0 aromatic carbocycles. The molecule has 1 aliphatic carbocycles. The summed E-state index contributed by atoms with van der Waals surface area (Å²) in [5, 5.41) is 8.55. The van der Waals surface area contributed by atoms with Crippen LogP contribution in [0.3, 0.4) is 0 Å². The van der Waals surface area contributed by atoms with E-state index in [0.717, 1.165) is 19.3 Å². The van der Waals surface area contributed by atoms with E-state index in [-0.39, 0.29) is 24.5 Å². The van der Waals surface area contributed by atoms with E-state index in [1.807, 2.05) is 0 Å². The molecule has 84 valence electrons. The first-order chi connectivity index (χ1) is 6.59. The van der Waals surface area contributed by atoms with Crippen molar-refractivity contribution in [3.05, 3.63) is 0 Å². The third-order valence-corrected chi connectivity index (χ3v) is 3.83. The molecule has 1 saturated carbocycles. The van der Waals surface area contributed by atoms with E-state index in [2.05, 4.69) is 4.72 Å². The summed E-state index contributed by atoms with van der Waals surface area (Å²) < 4.78 is 30.3. The average Bonchev–Trinajstić information content (AvgIpc) is 2.50. The van der Waals surface area contributed by atoms with Gasteiger partial charge in [-0.3, -0.25) is 0 Å². The quantitative estimate of drug-likeness (QED) is 0.656. The van der Waals surface area contributed by atoms with Crippen LogP contribution in [0.1, 0.15) is 19.3 Å². The minimum atomic E-state index is -3.34. The number of aliphatic hydroxyl groups excluding tert-OH is 1. The third kappa shape index (κ3) is 3.20. The Kier molecular flexibility index (Phi) is 4.31. The van der Waals surface area contributed by atoms with Gasteiger partial charge in [0.15, 0.2) is 0 Å². The normalized spacial score (nSPS) is 28.1. The van der Waals surface area contributed by atoms with Crippen molar-refractivity contribution in [3.8, 4) is 0 Å². The highest BCUT2D eigenvalue weighted by molar-refractivity contribution is 7.89. The van der Waals surface area contributed by atoms with Gasteiger partial charge in [-0.05, 0) is 19.3 Å². The zero-order valence-corrected chi connectivity index (χ0v) is 9.09. The summed E-state index contributed by atoms with van der Waals surface area (Å²) in [7, 11) is -1.75. The summed E-state index contributed by atoms with van der Waals surface area (Å²) in [6.07, 6.45) is 2.65. The Labute approximate surface area is 84.5 Å². The van der Waals surface area contributed by atoms with Gasteiger partial charge in [-0.25, -0.2) is 13.1 Å². The van der Waals surface area contributed by atoms with Gasteiger partial charge in [-0.15, -0.1) is 0 Å². The Morgan fingerprint density at radius 2 is 2.21 bits per heavy atom. The Hall–Kier alpha value is -0.170. The van der Waals surface area contributed by atoms with E-state index in [1.54, 1.807) is 7.11 Å². The molecule has 5 nitrogen and oxygen atoms in total. The van der Waals surface area contributed by atoms with E-state index in [0.29, 0.717) is 0 Å². The fourth-order valence-electron chi connectivity index (χ4n) is 1.75. The SMILES string of the molecule is COC1CCCC1NS(=O)(=O)CCO. The maximum absolute atomic E-state index is 11.3. The minimum absolute atomic E-state index is 0.0246. The molecule has 1 aliphatic rings. The van der Waals surface area contributed by atoms with E-state index >= 15 is 0 Å². The summed E-state index contributed by atoms with van der Waals surface area (Å²) >= 11 is 0. The second kappa shape index (κ2) is 5.06. The van der Waals surface area contributed by atoms with E-state index in [1.165, 1.54) is 0 Å². The maximum atomic E-state index is 11.3. The van der Waals surface area contributed by atoms with Gasteiger partial charge in [0.25, 0.3) is 0 Å². The fourth-order valence-corrected chi connectivity index (χ4v) is 2.84. The van der Waals surface area contributed by atoms with Crippen LogP contribution in [0.25, 0.3) is 0 Å². The van der Waals surface area contributed by atoms with Gasteiger partial charge < -0.3 is 9.84 Å². The minimum Gasteiger partial charge on any atom is -0.395 e. The van der Waals surface area contributed by atoms with Gasteiger partial charge in [0, 0.05) is 13.2 Å². The zero-order chi connectivity index (χ0) is 10.6. The number of hydrogen-bond donors (Lipinski definition) is 2. The number of ether oxygens (including phenoxy) is 1. The zero-order valence-electron chi connectivity index (χ0n) is 8.27. The van der Waals surface area contributed by atoms with Gasteiger partial charge in [0.2, 0.25) is 10.0 Å². The van der Waals surface area contributed by atoms with Crippen molar-refractivity contribution >= 4 is 10.0 Å². The lowest BCUT2D eigenvalue weighted by Gasteiger charge is -2.19. The molecule has 2 N–H and O–H groups in total. The monoisotopic (exact) mass is 223 g/mol. The number of methoxy groups -OCH3 is 1. The smallest absolute Gasteiger partial charge is 0.214 e. The molecule has 0 amide bonds. The molecular formula is C8H17NO4S. The van der Waals surface area contributed by atoms with E-state index in [9.17, 15) is 8.42 Å². The molecule has 1 fully saturated rings. The van der Waals surface area contributed by atoms with Crippen molar-refractivity contribution in [2.24, 2.45) is 0 Å². The highest BCUT2D eigenvalue weighted by Crippen LogP contribution is 2.21. The van der Waals surface area contributed by atoms with Crippen molar-refractivity contribution in [1.29, 1.82) is 0 Å². The molecule has 0 aromatic rings. The average molecular weight is 223 g/mol. The molecular weight excluding hydrogens is 206 g/mol. The van der Waals surface area contributed by atoms with Crippen LogP contribution >= 0.6 is 0 Å². The van der Waals surface area contributed by atoms with Crippen molar-refractivity contribution in [2.45, 2.75) is 31.4 Å². The Bertz CT molecular complexity index is 265. The number of hydrogen-bond acceptors (Lipinski definition) is 4. The van der Waals surface area contributed by atoms with E-state index in [4.69, 9.17) is 9.84 Å². The predicted molar refractivity (Wildman–Crippen MR) is 52.4 cm³/mol. The lowest BCUT2D eigenvalue weighted by atomic mass is 10.2. The van der Waals surface area contributed by atoms with E-state index < -0.39 is 10.0 Å². The molecule has 0 heterocycles. The summed E-state index contributed by atoms with van der Waals surface area (Å²) in [6.45, 7) is -0.348. The number of nitrogens with one attached hydrogen (secondary N) is 1. The summed E-state index contributed by atoms with van der Waals surface area (Å²) in [5.41, 5.74) is 0. The van der Waals surface area contributed by atoms with Gasteiger partial charge in [-0.2, -0.15) is 0 Å². The predicted octanol–water partition coefficient (Wildman–Crippen LogP) is -0.534. The summed E-state index contributed by atoms with van der Waals surface area (Å²) in [6, 6.07) is -0.128. The number of aliphatic hydroxyl groups is 1. The Balaban J connectivity index is 2.51. The highest BCUT2D eigenvalue weighted by Gasteiger charge is 2.30. The number of rotatable bonds is 5. The number of sulfonamides is 1. The molecule has 6 heteroatoms. The van der Waals surface area contributed by atoms with Crippen molar-refractivity contribution < 1.29 is 18.3 Å². The maximum Gasteiger partial charge on any atom is 0.214 e. The molecule has 2 atom stereocenters. The second-order valence-corrected chi connectivity index (χ2v) is 5.35. The van der Waals surface area contributed by atoms with Crippen LogP contribution in [-0.2, 0) is 14.8 Å². The first-order valence-corrected chi connectivity index (χ1v) is 6.38. The van der Waals surface area contributed by atoms with Crippen LogP contribution in [0.2, 0.25) is 0 Å². The molecule has 2 unspecified atom stereocenters. The molecule has 0 radical (unpaired) electrons. The molecule has 0 aliphatic heterocycles. The summed E-state index contributed by atoms with van der Waals surface area (Å²) in [4.78, 5) is 0. The molecule has 1 rings (SSSR count). The van der Waals surface area contributed by atoms with Crippen LogP contribution in [-0.4, -0.2) is 45.1 Å². The fraction of sp³-hybridized carbons (Fsp3) is 1.00. The second-order valence-electron chi connectivity index (χ2n) is 3.47. The standard InChI is InChI=1S/C8H17NO4S/c1-13-8-4-2-3-7(8)9-14(11,12)6-5-10/h7-10H,2-6H2,1H3. The van der Waals surface area contributed by atoms with Crippen LogP contribution in [0.4, 0.5) is 0 Å². The Morgan fingerprint density at radius 1 is 1.50 bits per heavy atom.